The summed E-state index contributed by atoms with van der Waals surface area (Å²) in [6, 6.07) is 11.5. The number of rotatable bonds is 6. The molecule has 7 nitrogen and oxygen atoms in total. The van der Waals surface area contributed by atoms with Crippen molar-refractivity contribution in [3.8, 4) is 11.5 Å². The van der Waals surface area contributed by atoms with Crippen molar-refractivity contribution in [3.05, 3.63) is 54.1 Å². The summed E-state index contributed by atoms with van der Waals surface area (Å²) >= 11 is 0. The highest BCUT2D eigenvalue weighted by molar-refractivity contribution is 7.92. The molecule has 0 saturated carbocycles. The second kappa shape index (κ2) is 9.04. The summed E-state index contributed by atoms with van der Waals surface area (Å²) in [5.41, 5.74) is 0.790. The van der Waals surface area contributed by atoms with Gasteiger partial charge in [0.15, 0.2) is 0 Å². The molecule has 0 atom stereocenters. The Bertz CT molecular complexity index is 1020. The number of sulfonamides is 1. The fourth-order valence-corrected chi connectivity index (χ4v) is 3.76. The summed E-state index contributed by atoms with van der Waals surface area (Å²) in [6.45, 7) is 0.844. The van der Waals surface area contributed by atoms with Gasteiger partial charge in [0, 0.05) is 43.2 Å². The Labute approximate surface area is 177 Å². The molecule has 0 bridgehead atoms. The molecule has 31 heavy (non-hydrogen) atoms. The van der Waals surface area contributed by atoms with E-state index in [4.69, 9.17) is 4.74 Å². The highest BCUT2D eigenvalue weighted by Crippen LogP contribution is 2.28. The first-order chi connectivity index (χ1) is 14.5. The van der Waals surface area contributed by atoms with Crippen molar-refractivity contribution in [1.29, 1.82) is 0 Å². The van der Waals surface area contributed by atoms with Crippen molar-refractivity contribution in [2.75, 3.05) is 24.1 Å². The molecule has 2 aromatic carbocycles. The van der Waals surface area contributed by atoms with Gasteiger partial charge in [-0.1, -0.05) is 6.07 Å². The van der Waals surface area contributed by atoms with Crippen LogP contribution in [0.1, 0.15) is 23.2 Å². The Balaban J connectivity index is 1.53. The number of carbonyl (C=O) groups is 1. The number of hydrogen-bond acceptors (Lipinski definition) is 5. The lowest BCUT2D eigenvalue weighted by molar-refractivity contribution is -0.274. The Morgan fingerprint density at radius 3 is 2.26 bits per heavy atom. The van der Waals surface area contributed by atoms with E-state index >= 15 is 0 Å². The Hall–Kier alpha value is -2.95. The average molecular weight is 458 g/mol. The van der Waals surface area contributed by atoms with Crippen LogP contribution >= 0.6 is 0 Å². The second-order valence-electron chi connectivity index (χ2n) is 7.08. The molecule has 0 spiro atoms. The van der Waals surface area contributed by atoms with E-state index in [9.17, 15) is 26.4 Å². The van der Waals surface area contributed by atoms with Crippen LogP contribution in [0.3, 0.4) is 0 Å². The number of nitrogens with zero attached hydrogens (tertiary/aromatic N) is 1. The molecular formula is C20H21F3N2O5S. The molecule has 1 amide bonds. The predicted octanol–water partition coefficient (Wildman–Crippen LogP) is 3.64. The number of nitrogens with one attached hydrogen (secondary N) is 1. The van der Waals surface area contributed by atoms with Gasteiger partial charge in [-0.05, 0) is 36.4 Å². The molecule has 1 N–H and O–H groups in total. The van der Waals surface area contributed by atoms with Crippen LogP contribution in [-0.4, -0.2) is 51.0 Å². The van der Waals surface area contributed by atoms with Crippen molar-refractivity contribution in [3.63, 3.8) is 0 Å². The van der Waals surface area contributed by atoms with E-state index in [1.807, 2.05) is 0 Å². The summed E-state index contributed by atoms with van der Waals surface area (Å²) in [6.07, 6.45) is -2.94. The number of piperidine rings is 1. The largest absolute Gasteiger partial charge is 0.573 e. The van der Waals surface area contributed by atoms with Crippen LogP contribution in [0.25, 0.3) is 0 Å². The molecule has 3 rings (SSSR count). The lowest BCUT2D eigenvalue weighted by atomic mass is 10.1. The van der Waals surface area contributed by atoms with E-state index in [-0.39, 0.29) is 23.5 Å². The van der Waals surface area contributed by atoms with Gasteiger partial charge in [0.1, 0.15) is 17.6 Å². The molecular weight excluding hydrogens is 437 g/mol. The number of anilines is 1. The van der Waals surface area contributed by atoms with Gasteiger partial charge in [0.05, 0.1) is 6.26 Å². The van der Waals surface area contributed by atoms with Gasteiger partial charge >= 0.3 is 6.36 Å². The van der Waals surface area contributed by atoms with Crippen molar-refractivity contribution < 1.29 is 35.9 Å². The number of likely N-dealkylation sites (tertiary alicyclic amines) is 1. The third kappa shape index (κ3) is 7.06. The molecule has 0 radical (unpaired) electrons. The first kappa shape index (κ1) is 22.7. The maximum atomic E-state index is 12.7. The van der Waals surface area contributed by atoms with Crippen molar-refractivity contribution >= 4 is 21.6 Å². The molecule has 0 aliphatic carbocycles. The van der Waals surface area contributed by atoms with Crippen LogP contribution < -0.4 is 14.2 Å². The summed E-state index contributed by atoms with van der Waals surface area (Å²) in [4.78, 5) is 14.3. The summed E-state index contributed by atoms with van der Waals surface area (Å²) < 4.78 is 71.5. The third-order valence-corrected chi connectivity index (χ3v) is 5.11. The van der Waals surface area contributed by atoms with Gasteiger partial charge in [-0.25, -0.2) is 8.42 Å². The number of benzene rings is 2. The average Bonchev–Trinajstić information content (AvgIpc) is 2.66. The molecule has 1 aliphatic heterocycles. The third-order valence-electron chi connectivity index (χ3n) is 4.51. The summed E-state index contributed by atoms with van der Waals surface area (Å²) in [5.74, 6) is -0.281. The smallest absolute Gasteiger partial charge is 0.490 e. The van der Waals surface area contributed by atoms with Crippen LogP contribution in [-0.2, 0) is 10.0 Å². The highest BCUT2D eigenvalue weighted by atomic mass is 32.2. The number of carbonyl (C=O) groups excluding carboxylic acids is 1. The zero-order valence-electron chi connectivity index (χ0n) is 16.6. The molecule has 11 heteroatoms. The fourth-order valence-electron chi connectivity index (χ4n) is 3.19. The van der Waals surface area contributed by atoms with Gasteiger partial charge < -0.3 is 14.4 Å². The van der Waals surface area contributed by atoms with Gasteiger partial charge in [-0.2, -0.15) is 0 Å². The maximum absolute atomic E-state index is 12.7. The quantitative estimate of drug-likeness (QED) is 0.715. The van der Waals surface area contributed by atoms with E-state index in [1.165, 1.54) is 30.3 Å². The number of hydrogen-bond donors (Lipinski definition) is 1. The topological polar surface area (TPSA) is 84.9 Å². The van der Waals surface area contributed by atoms with Crippen LogP contribution in [0.2, 0.25) is 0 Å². The van der Waals surface area contributed by atoms with Gasteiger partial charge in [0.2, 0.25) is 10.0 Å². The molecule has 1 saturated heterocycles. The standard InChI is InChI=1S/C20H21F3N2O5S/c1-31(27,28)24-15-7-5-14(6-8-15)19(26)25-11-9-16(10-12-25)29-17-3-2-4-18(13-17)30-20(21,22)23/h2-8,13,16,24H,9-12H2,1H3. The second-order valence-corrected chi connectivity index (χ2v) is 8.83. The maximum Gasteiger partial charge on any atom is 0.573 e. The van der Waals surface area contributed by atoms with Gasteiger partial charge in [0.25, 0.3) is 5.91 Å². The molecule has 168 valence electrons. The zero-order chi connectivity index (χ0) is 22.6. The highest BCUT2D eigenvalue weighted by Gasteiger charge is 2.31. The van der Waals surface area contributed by atoms with Crippen molar-refractivity contribution in [2.24, 2.45) is 0 Å². The Kier molecular flexibility index (Phi) is 6.63. The van der Waals surface area contributed by atoms with Crippen molar-refractivity contribution in [2.45, 2.75) is 25.3 Å². The summed E-state index contributed by atoms with van der Waals surface area (Å²) in [5, 5.41) is 0. The van der Waals surface area contributed by atoms with Crippen LogP contribution in [0.15, 0.2) is 48.5 Å². The van der Waals surface area contributed by atoms with Crippen LogP contribution in [0.5, 0.6) is 11.5 Å². The van der Waals surface area contributed by atoms with E-state index in [0.717, 1.165) is 6.26 Å². The fraction of sp³-hybridized carbons (Fsp3) is 0.350. The Morgan fingerprint density at radius 2 is 1.68 bits per heavy atom. The normalized spacial score (nSPS) is 15.4. The summed E-state index contributed by atoms with van der Waals surface area (Å²) in [7, 11) is -3.40. The SMILES string of the molecule is CS(=O)(=O)Nc1ccc(C(=O)N2CCC(Oc3cccc(OC(F)(F)F)c3)CC2)cc1. The van der Waals surface area contributed by atoms with Crippen LogP contribution in [0.4, 0.5) is 18.9 Å². The van der Waals surface area contributed by atoms with Crippen molar-refractivity contribution in [1.82, 2.24) is 4.90 Å². The molecule has 2 aromatic rings. The minimum atomic E-state index is -4.77. The van der Waals surface area contributed by atoms with E-state index in [2.05, 4.69) is 9.46 Å². The number of halogens is 3. The first-order valence-electron chi connectivity index (χ1n) is 9.38. The molecule has 1 fully saturated rings. The van der Waals surface area contributed by atoms with Gasteiger partial charge in [-0.15, -0.1) is 13.2 Å². The minimum Gasteiger partial charge on any atom is -0.490 e. The monoisotopic (exact) mass is 458 g/mol. The van der Waals surface area contributed by atoms with E-state index in [0.29, 0.717) is 37.2 Å². The van der Waals surface area contributed by atoms with E-state index < -0.39 is 16.4 Å². The number of ether oxygens (including phenoxy) is 2. The first-order valence-corrected chi connectivity index (χ1v) is 11.3. The molecule has 1 aliphatic rings. The van der Waals surface area contributed by atoms with Gasteiger partial charge in [-0.3, -0.25) is 9.52 Å². The lowest BCUT2D eigenvalue weighted by Crippen LogP contribution is -2.41. The molecule has 0 aromatic heterocycles. The zero-order valence-corrected chi connectivity index (χ0v) is 17.4. The molecule has 1 heterocycles. The van der Waals surface area contributed by atoms with E-state index in [1.54, 1.807) is 23.1 Å². The van der Waals surface area contributed by atoms with Crippen LogP contribution in [0, 0.1) is 0 Å². The number of alkyl halides is 3. The number of amides is 1. The lowest BCUT2D eigenvalue weighted by Gasteiger charge is -2.32. The Morgan fingerprint density at radius 1 is 1.06 bits per heavy atom. The molecule has 0 unspecified atom stereocenters. The predicted molar refractivity (Wildman–Crippen MR) is 108 cm³/mol. The minimum absolute atomic E-state index is 0.190.